The van der Waals surface area contributed by atoms with Gasteiger partial charge >= 0.3 is 32.2 Å². The molecule has 0 bridgehead atoms. The molecule has 38 nitrogen and oxygen atoms in total. The number of azide groups is 5. The van der Waals surface area contributed by atoms with Gasteiger partial charge in [-0.2, -0.15) is 14.5 Å². The molecule has 2 N–H and O–H groups in total. The summed E-state index contributed by atoms with van der Waals surface area (Å²) in [6.07, 6.45) is -5.80. The molecule has 39 heteroatoms. The highest BCUT2D eigenvalue weighted by Gasteiger charge is 2.44. The van der Waals surface area contributed by atoms with Crippen LogP contribution in [0.3, 0.4) is 0 Å². The Balaban J connectivity index is 0.884. The van der Waals surface area contributed by atoms with Gasteiger partial charge in [0.15, 0.2) is 11.2 Å². The maximum atomic E-state index is 14.5. The molecule has 6 aromatic carbocycles. The van der Waals surface area contributed by atoms with Gasteiger partial charge in [-0.3, -0.25) is 28.8 Å². The van der Waals surface area contributed by atoms with E-state index in [1.54, 1.807) is 91.0 Å². The van der Waals surface area contributed by atoms with Gasteiger partial charge in [-0.1, -0.05) is 129 Å². The molecule has 0 spiro atoms. The van der Waals surface area contributed by atoms with E-state index in [4.69, 9.17) is 64.6 Å². The number of hydrogen-bond donors (Lipinski definition) is 2. The molecule has 0 radical (unpaired) electrons. The van der Waals surface area contributed by atoms with E-state index in [1.165, 1.54) is 72.4 Å². The van der Waals surface area contributed by atoms with Crippen LogP contribution in [-0.4, -0.2) is 101 Å². The predicted molar refractivity (Wildman–Crippen MR) is 371 cm³/mol. The average Bonchev–Trinajstić information content (AvgIpc) is 1.52. The summed E-state index contributed by atoms with van der Waals surface area (Å²) in [6, 6.07) is 37.4. The van der Waals surface area contributed by atoms with Crippen LogP contribution in [0.25, 0.3) is 63.4 Å². The van der Waals surface area contributed by atoms with Crippen LogP contribution in [-0.2, 0) is 67.3 Å². The molecule has 2 saturated heterocycles. The average molecular weight is 1460 g/mol. The highest BCUT2D eigenvalue weighted by molar-refractivity contribution is 7.40. The molecule has 1 amide bonds. The summed E-state index contributed by atoms with van der Waals surface area (Å²) in [5, 5.41) is 20.6. The normalized spacial score (nSPS) is 16.7. The van der Waals surface area contributed by atoms with Crippen molar-refractivity contribution in [2.75, 3.05) is 18.5 Å². The van der Waals surface area contributed by atoms with Crippen LogP contribution in [0, 0.1) is 6.92 Å². The summed E-state index contributed by atoms with van der Waals surface area (Å²) in [5.74, 6) is -4.52. The number of fused-ring (bicyclic) bond motifs is 1. The zero-order chi connectivity index (χ0) is 74.6. The summed E-state index contributed by atoms with van der Waals surface area (Å²) in [4.78, 5) is 138. The summed E-state index contributed by atoms with van der Waals surface area (Å²) < 4.78 is 51.9. The Kier molecular flexibility index (Phi) is 24.4. The molecule has 2 fully saturated rings. The fourth-order valence-electron chi connectivity index (χ4n) is 11.5. The number of carbonyl (C=O) groups is 5. The lowest BCUT2D eigenvalue weighted by atomic mass is 10.1. The molecule has 0 aliphatic carbocycles. The number of anilines is 1. The van der Waals surface area contributed by atoms with Crippen molar-refractivity contribution >= 4 is 55.4 Å². The lowest BCUT2D eigenvalue weighted by Crippen LogP contribution is -2.45. The summed E-state index contributed by atoms with van der Waals surface area (Å²) in [6.45, 7) is -1.03. The molecule has 3 aromatic heterocycles. The molecular formula is C67H57N22O16P. The third-order valence-corrected chi connectivity index (χ3v) is 17.4. The number of nitrogens with one attached hydrogen (secondary N) is 1. The maximum absolute atomic E-state index is 14.5. The van der Waals surface area contributed by atoms with Crippen LogP contribution < -0.4 is 26.0 Å². The first-order chi connectivity index (χ1) is 51.6. The largest absolute Gasteiger partial charge is 0.471 e. The molecule has 5 heterocycles. The van der Waals surface area contributed by atoms with Crippen molar-refractivity contribution in [3.63, 3.8) is 0 Å². The molecule has 106 heavy (non-hydrogen) atoms. The van der Waals surface area contributed by atoms with Crippen molar-refractivity contribution in [2.45, 2.75) is 96.0 Å². The second-order valence-electron chi connectivity index (χ2n) is 23.1. The van der Waals surface area contributed by atoms with Gasteiger partial charge in [0.05, 0.1) is 62.3 Å². The third-order valence-electron chi connectivity index (χ3n) is 16.5. The minimum Gasteiger partial charge on any atom is -0.471 e. The van der Waals surface area contributed by atoms with Gasteiger partial charge in [0.25, 0.3) is 17.4 Å². The van der Waals surface area contributed by atoms with E-state index in [2.05, 4.69) is 65.4 Å². The van der Waals surface area contributed by atoms with Gasteiger partial charge in [0.1, 0.15) is 55.8 Å². The predicted octanol–water partition coefficient (Wildman–Crippen LogP) is 12.2. The molecule has 7 atom stereocenters. The topological polar surface area (TPSA) is 523 Å². The first kappa shape index (κ1) is 73.9. The van der Waals surface area contributed by atoms with Gasteiger partial charge in [-0.15, -0.1) is 0 Å². The molecule has 0 saturated carbocycles. The van der Waals surface area contributed by atoms with E-state index in [1.807, 2.05) is 0 Å². The summed E-state index contributed by atoms with van der Waals surface area (Å²) in [7, 11) is -3.07. The van der Waals surface area contributed by atoms with Crippen LogP contribution in [0.2, 0.25) is 0 Å². The number of carbonyl (C=O) groups excluding carboxylic acids is 5. The van der Waals surface area contributed by atoms with Crippen molar-refractivity contribution in [3.8, 4) is 11.6 Å². The fraction of sp³-hybridized carbons (Fsp3) is 0.254. The van der Waals surface area contributed by atoms with Gasteiger partial charge in [0.2, 0.25) is 11.8 Å². The SMILES string of the molecule is Cc1cn([C@H]2C[C@H](OP(O)OC[C@H]3O[C@@H](n4cnc5c(OCc6ccc(OC(=O)c7ccccc7CN=[N+]=[N-])cc6)nc(NC(=O)c6ccccc6CN=[N+]=[N-])nc54)C[C@@H]3OC(=O)c3ccccc3CN=[N+]=[N-])[C@@H](COC(=O)c3ccccc3CN=[N+]=[N-])O2)c(=O)n(C(=O)c2ccccc2CN=[N+]=[N-])c1=O. The number of hydrogen-bond acceptors (Lipinski definition) is 24. The molecule has 1 unspecified atom stereocenters. The maximum Gasteiger partial charge on any atom is 0.343 e. The van der Waals surface area contributed by atoms with Crippen molar-refractivity contribution in [1.29, 1.82) is 0 Å². The number of rotatable bonds is 30. The van der Waals surface area contributed by atoms with Crippen LogP contribution in [0.4, 0.5) is 5.95 Å². The number of aromatic nitrogens is 6. The number of imidazole rings is 1. The van der Waals surface area contributed by atoms with E-state index in [0.29, 0.717) is 32.4 Å². The smallest absolute Gasteiger partial charge is 0.343 e. The minimum absolute atomic E-state index is 0.000626. The van der Waals surface area contributed by atoms with Gasteiger partial charge < -0.3 is 42.4 Å². The monoisotopic (exact) mass is 1460 g/mol. The fourth-order valence-corrected chi connectivity index (χ4v) is 12.2. The Morgan fingerprint density at radius 3 is 1.64 bits per heavy atom. The van der Waals surface area contributed by atoms with Crippen molar-refractivity contribution in [2.24, 2.45) is 25.6 Å². The first-order valence-corrected chi connectivity index (χ1v) is 33.0. The lowest BCUT2D eigenvalue weighted by Gasteiger charge is -2.23. The Labute approximate surface area is 597 Å². The molecule has 11 rings (SSSR count). The number of esters is 3. The highest BCUT2D eigenvalue weighted by atomic mass is 31.2. The van der Waals surface area contributed by atoms with Gasteiger partial charge in [-0.25, -0.2) is 24.2 Å². The first-order valence-electron chi connectivity index (χ1n) is 31.9. The summed E-state index contributed by atoms with van der Waals surface area (Å²) in [5.41, 5.74) is 45.5. The van der Waals surface area contributed by atoms with Crippen molar-refractivity contribution < 1.29 is 66.3 Å². The van der Waals surface area contributed by atoms with E-state index in [0.717, 1.165) is 10.8 Å². The summed E-state index contributed by atoms with van der Waals surface area (Å²) >= 11 is 0. The molecule has 536 valence electrons. The second kappa shape index (κ2) is 35.0. The Bertz CT molecular complexity index is 5240. The Morgan fingerprint density at radius 2 is 1.08 bits per heavy atom. The molecule has 9 aromatic rings. The number of nitrogens with zero attached hydrogens (tertiary/aromatic N) is 21. The molecule has 2 aliphatic heterocycles. The van der Waals surface area contributed by atoms with Crippen LogP contribution in [0.15, 0.2) is 193 Å². The highest BCUT2D eigenvalue weighted by Crippen LogP contribution is 2.44. The van der Waals surface area contributed by atoms with E-state index >= 15 is 0 Å². The lowest BCUT2D eigenvalue weighted by molar-refractivity contribution is -0.0579. The zero-order valence-electron chi connectivity index (χ0n) is 55.5. The van der Waals surface area contributed by atoms with Crippen LogP contribution in [0.5, 0.6) is 11.6 Å². The number of benzene rings is 6. The van der Waals surface area contributed by atoms with Crippen LogP contribution >= 0.6 is 8.60 Å². The zero-order valence-corrected chi connectivity index (χ0v) is 56.4. The second-order valence-corrected chi connectivity index (χ2v) is 24.0. The Hall–Kier alpha value is -13.3. The van der Waals surface area contributed by atoms with E-state index < -0.39 is 99.7 Å². The quantitative estimate of drug-likeness (QED) is 0.0105. The number of amides is 1. The van der Waals surface area contributed by atoms with Crippen molar-refractivity contribution in [3.05, 3.63) is 298 Å². The van der Waals surface area contributed by atoms with Gasteiger partial charge in [-0.05, 0) is 110 Å². The minimum atomic E-state index is -3.07. The van der Waals surface area contributed by atoms with Gasteiger partial charge in [0, 0.05) is 60.3 Å². The molecular weight excluding hydrogens is 1400 g/mol. The van der Waals surface area contributed by atoms with Crippen molar-refractivity contribution in [1.82, 2.24) is 28.7 Å². The standard InChI is InChI=1S/C67H57N22O16P/c1-38-33-87(67(96)89(61(38)91)62(92)47-18-8-3-13-41(47)29-75-83-69)55-27-52(53(102-55)35-99-63(93)48-19-9-4-14-42(48)30-76-84-70)105-106(97)100-36-54-51(104-65(95)50-21-11-6-16-44(50)32-78-86-72)26-56(103-54)88-37-73-57-58(88)79-66(80-59(90)46-17-7-2-12-40(46)28-74-82-68)81-60(57)98-34-39-22-24-45(25-23-39)101-64(94)49-20-10-5-15-43(49)31-77-85-71/h2-25,33,37,51-56,97H,26-32,34-36H2,1H3,(H,79,80,81,90)/t51-,52-,53+,54+,55+,56+,106?/m0/s1. The van der Waals surface area contributed by atoms with E-state index in [9.17, 15) is 44.0 Å². The molecule has 2 aliphatic rings. The van der Waals surface area contributed by atoms with E-state index in [-0.39, 0.29) is 120 Å². The van der Waals surface area contributed by atoms with Crippen LogP contribution in [0.1, 0.15) is 116 Å². The number of ether oxygens (including phenoxy) is 6. The third kappa shape index (κ3) is 17.6. The Morgan fingerprint density at radius 1 is 0.594 bits per heavy atom. The number of aryl methyl sites for hydroxylation is 1.